The Bertz CT molecular complexity index is 452. The molecule has 1 aromatic rings. The molecule has 86 valence electrons. The van der Waals surface area contributed by atoms with Crippen LogP contribution in [0, 0.1) is 0 Å². The first-order chi connectivity index (χ1) is 7.29. The molecule has 16 heavy (non-hydrogen) atoms. The molecule has 0 spiro atoms. The molecule has 0 radical (unpaired) electrons. The lowest BCUT2D eigenvalue weighted by atomic mass is 10.0. The van der Waals surface area contributed by atoms with Crippen molar-refractivity contribution < 1.29 is 22.8 Å². The fourth-order valence-electron chi connectivity index (χ4n) is 1.27. The van der Waals surface area contributed by atoms with Crippen molar-refractivity contribution in [1.29, 1.82) is 0 Å². The molecule has 0 aliphatic rings. The predicted octanol–water partition coefficient (Wildman–Crippen LogP) is 3.37. The normalized spacial score (nSPS) is 11.3. The zero-order valence-electron chi connectivity index (χ0n) is 8.06. The Morgan fingerprint density at radius 2 is 1.94 bits per heavy atom. The lowest BCUT2D eigenvalue weighted by molar-refractivity contribution is -0.137. The Morgan fingerprint density at radius 3 is 2.31 bits per heavy atom. The Kier molecular flexibility index (Phi) is 3.38. The van der Waals surface area contributed by atoms with E-state index < -0.39 is 28.1 Å². The molecule has 0 N–H and O–H groups in total. The van der Waals surface area contributed by atoms with Gasteiger partial charge in [0.15, 0.2) is 12.1 Å². The average molecular weight is 251 g/mol. The summed E-state index contributed by atoms with van der Waals surface area (Å²) in [6, 6.07) is 1.61. The summed E-state index contributed by atoms with van der Waals surface area (Å²) < 4.78 is 37.3. The van der Waals surface area contributed by atoms with Crippen molar-refractivity contribution in [3.8, 4) is 0 Å². The van der Waals surface area contributed by atoms with E-state index >= 15 is 0 Å². The van der Waals surface area contributed by atoms with Gasteiger partial charge in [0.1, 0.15) is 0 Å². The molecule has 0 atom stereocenters. The number of hydrogen-bond donors (Lipinski definition) is 0. The Balaban J connectivity index is 3.56. The third-order valence-corrected chi connectivity index (χ3v) is 2.35. The van der Waals surface area contributed by atoms with Gasteiger partial charge in [-0.1, -0.05) is 17.7 Å². The molecule has 0 aromatic heterocycles. The molecule has 0 aliphatic heterocycles. The molecular weight excluding hydrogens is 245 g/mol. The Morgan fingerprint density at radius 1 is 1.38 bits per heavy atom. The maximum atomic E-state index is 12.4. The van der Waals surface area contributed by atoms with Gasteiger partial charge in [-0.15, -0.1) is 0 Å². The smallest absolute Gasteiger partial charge is 0.298 e. The van der Waals surface area contributed by atoms with Crippen LogP contribution >= 0.6 is 11.6 Å². The number of carbonyl (C=O) groups is 2. The van der Waals surface area contributed by atoms with E-state index in [2.05, 4.69) is 0 Å². The van der Waals surface area contributed by atoms with Crippen LogP contribution in [0.15, 0.2) is 12.1 Å². The first-order valence-electron chi connectivity index (χ1n) is 4.15. The van der Waals surface area contributed by atoms with Crippen LogP contribution in [0.2, 0.25) is 5.02 Å². The minimum Gasteiger partial charge on any atom is -0.298 e. The van der Waals surface area contributed by atoms with E-state index in [9.17, 15) is 22.8 Å². The molecule has 0 unspecified atom stereocenters. The Labute approximate surface area is 94.0 Å². The molecule has 0 fully saturated rings. The fourth-order valence-corrected chi connectivity index (χ4v) is 1.68. The first kappa shape index (κ1) is 12.7. The molecule has 0 aliphatic carbocycles. The van der Waals surface area contributed by atoms with E-state index in [1.54, 1.807) is 0 Å². The van der Waals surface area contributed by atoms with Gasteiger partial charge in [-0.05, 0) is 13.0 Å². The molecule has 0 bridgehead atoms. The van der Waals surface area contributed by atoms with Gasteiger partial charge in [0.05, 0.1) is 10.6 Å². The minimum atomic E-state index is -4.65. The van der Waals surface area contributed by atoms with Crippen LogP contribution in [0.3, 0.4) is 0 Å². The van der Waals surface area contributed by atoms with Gasteiger partial charge < -0.3 is 0 Å². The van der Waals surface area contributed by atoms with Crippen molar-refractivity contribution in [3.05, 3.63) is 33.8 Å². The highest BCUT2D eigenvalue weighted by molar-refractivity contribution is 6.35. The number of carbonyl (C=O) groups excluding carboxylic acids is 2. The maximum absolute atomic E-state index is 12.4. The number of alkyl halides is 3. The molecule has 0 saturated carbocycles. The van der Waals surface area contributed by atoms with Crippen molar-refractivity contribution >= 4 is 23.7 Å². The van der Waals surface area contributed by atoms with Crippen molar-refractivity contribution in [3.63, 3.8) is 0 Å². The zero-order chi connectivity index (χ0) is 12.5. The summed E-state index contributed by atoms with van der Waals surface area (Å²) in [5, 5.41) is -0.732. The van der Waals surface area contributed by atoms with E-state index in [1.807, 2.05) is 0 Å². The molecule has 0 saturated heterocycles. The minimum absolute atomic E-state index is 0.148. The van der Waals surface area contributed by atoms with Crippen LogP contribution in [0.4, 0.5) is 13.2 Å². The number of ketones is 1. The maximum Gasteiger partial charge on any atom is 0.417 e. The van der Waals surface area contributed by atoms with Crippen molar-refractivity contribution in [2.75, 3.05) is 0 Å². The largest absolute Gasteiger partial charge is 0.417 e. The summed E-state index contributed by atoms with van der Waals surface area (Å²) in [7, 11) is 0. The van der Waals surface area contributed by atoms with Crippen LogP contribution in [-0.4, -0.2) is 12.1 Å². The second-order valence-corrected chi connectivity index (χ2v) is 3.44. The van der Waals surface area contributed by atoms with Gasteiger partial charge in [0, 0.05) is 11.1 Å². The van der Waals surface area contributed by atoms with Gasteiger partial charge in [-0.25, -0.2) is 0 Å². The first-order valence-corrected chi connectivity index (χ1v) is 4.52. The number of aldehydes is 1. The van der Waals surface area contributed by atoms with Gasteiger partial charge >= 0.3 is 6.18 Å². The molecule has 1 aromatic carbocycles. The van der Waals surface area contributed by atoms with E-state index in [0.29, 0.717) is 12.4 Å². The fraction of sp³-hybridized carbons (Fsp3) is 0.200. The van der Waals surface area contributed by atoms with Crippen molar-refractivity contribution in [2.45, 2.75) is 13.1 Å². The number of halogens is 4. The summed E-state index contributed by atoms with van der Waals surface area (Å²) in [6.45, 7) is 1.05. The van der Waals surface area contributed by atoms with Gasteiger partial charge in [0.2, 0.25) is 0 Å². The van der Waals surface area contributed by atoms with E-state index in [0.717, 1.165) is 13.0 Å². The average Bonchev–Trinajstić information content (AvgIpc) is 2.14. The highest BCUT2D eigenvalue weighted by Crippen LogP contribution is 2.37. The summed E-state index contributed by atoms with van der Waals surface area (Å²) in [5.41, 5.74) is -1.66. The molecule has 6 heteroatoms. The summed E-state index contributed by atoms with van der Waals surface area (Å²) in [5.74, 6) is -0.682. The summed E-state index contributed by atoms with van der Waals surface area (Å²) in [4.78, 5) is 21.7. The quantitative estimate of drug-likeness (QED) is 0.596. The number of rotatable bonds is 2. The second-order valence-electron chi connectivity index (χ2n) is 3.06. The van der Waals surface area contributed by atoms with E-state index in [1.165, 1.54) is 0 Å². The van der Waals surface area contributed by atoms with Crippen LogP contribution in [0.1, 0.15) is 33.2 Å². The molecule has 1 rings (SSSR count). The Hall–Kier alpha value is -1.36. The standard InChI is InChI=1S/C10H6ClF3O2/c1-5(16)8-6(4-15)2-3-7(9(8)11)10(12,13)14/h2-4H,1H3. The SMILES string of the molecule is CC(=O)c1c(C=O)ccc(C(F)(F)F)c1Cl. The number of hydrogen-bond acceptors (Lipinski definition) is 2. The van der Waals surface area contributed by atoms with Crippen molar-refractivity contribution in [1.82, 2.24) is 0 Å². The molecular formula is C10H6ClF3O2. The summed E-state index contributed by atoms with van der Waals surface area (Å²) >= 11 is 5.47. The predicted molar refractivity (Wildman–Crippen MR) is 51.8 cm³/mol. The molecule has 0 amide bonds. The number of Topliss-reactive ketones (excluding diaryl/α,β-unsaturated/α-hetero) is 1. The van der Waals surface area contributed by atoms with Crippen LogP contribution < -0.4 is 0 Å². The van der Waals surface area contributed by atoms with E-state index in [-0.39, 0.29) is 5.56 Å². The van der Waals surface area contributed by atoms with Gasteiger partial charge in [-0.2, -0.15) is 13.2 Å². The molecule has 2 nitrogen and oxygen atoms in total. The lowest BCUT2D eigenvalue weighted by Gasteiger charge is -2.12. The van der Waals surface area contributed by atoms with Crippen LogP contribution in [-0.2, 0) is 6.18 Å². The zero-order valence-corrected chi connectivity index (χ0v) is 8.82. The second kappa shape index (κ2) is 4.25. The highest BCUT2D eigenvalue weighted by atomic mass is 35.5. The number of benzene rings is 1. The van der Waals surface area contributed by atoms with Crippen LogP contribution in [0.25, 0.3) is 0 Å². The van der Waals surface area contributed by atoms with Crippen molar-refractivity contribution in [2.24, 2.45) is 0 Å². The summed E-state index contributed by atoms with van der Waals surface area (Å²) in [6.07, 6.45) is -4.36. The monoisotopic (exact) mass is 250 g/mol. The third-order valence-electron chi connectivity index (χ3n) is 1.96. The third kappa shape index (κ3) is 2.24. The molecule has 0 heterocycles. The van der Waals surface area contributed by atoms with E-state index in [4.69, 9.17) is 11.6 Å². The lowest BCUT2D eigenvalue weighted by Crippen LogP contribution is -2.10. The van der Waals surface area contributed by atoms with Gasteiger partial charge in [0.25, 0.3) is 0 Å². The van der Waals surface area contributed by atoms with Gasteiger partial charge in [-0.3, -0.25) is 9.59 Å². The topological polar surface area (TPSA) is 34.1 Å². The van der Waals surface area contributed by atoms with Crippen LogP contribution in [0.5, 0.6) is 0 Å². The highest BCUT2D eigenvalue weighted by Gasteiger charge is 2.35.